The molecule has 0 unspecified atom stereocenters. The molecule has 1 fully saturated rings. The molecule has 2 aliphatic rings. The number of methoxy groups -OCH3 is 1. The fourth-order valence-corrected chi connectivity index (χ4v) is 6.78. The number of Topliss-reactive ketones (excluding diaryl/α,β-unsaturated/α-hetero) is 1. The summed E-state index contributed by atoms with van der Waals surface area (Å²) in [6, 6.07) is 20.4. The Balaban J connectivity index is 1.60. The van der Waals surface area contributed by atoms with Crippen LogP contribution in [0.1, 0.15) is 40.1 Å². The van der Waals surface area contributed by atoms with Crippen molar-refractivity contribution in [3.63, 3.8) is 0 Å². The SMILES string of the molecule is CCNc1ccc(C(C)=O)cc1N=C1S/C(=C2\Sc3ccccc3N2C)C(=O)N1Cc1cccc(C(=O)OC)c1. The Bertz CT molecular complexity index is 1580. The van der Waals surface area contributed by atoms with E-state index in [1.807, 2.05) is 55.3 Å². The summed E-state index contributed by atoms with van der Waals surface area (Å²) in [6.07, 6.45) is 0. The smallest absolute Gasteiger partial charge is 0.337 e. The van der Waals surface area contributed by atoms with Crippen LogP contribution in [0.2, 0.25) is 0 Å². The summed E-state index contributed by atoms with van der Waals surface area (Å²) in [4.78, 5) is 48.5. The minimum Gasteiger partial charge on any atom is -0.465 e. The average molecular weight is 573 g/mol. The first-order valence-corrected chi connectivity index (χ1v) is 14.3. The molecule has 2 aliphatic heterocycles. The molecule has 0 aliphatic carbocycles. The number of thioether (sulfide) groups is 2. The number of esters is 1. The van der Waals surface area contributed by atoms with E-state index in [1.165, 1.54) is 25.8 Å². The van der Waals surface area contributed by atoms with Crippen LogP contribution >= 0.6 is 23.5 Å². The zero-order chi connectivity index (χ0) is 28.4. The van der Waals surface area contributed by atoms with Gasteiger partial charge in [0, 0.05) is 24.1 Å². The lowest BCUT2D eigenvalue weighted by Gasteiger charge is -2.18. The Kier molecular flexibility index (Phi) is 7.99. The van der Waals surface area contributed by atoms with Crippen molar-refractivity contribution in [3.8, 4) is 0 Å². The molecule has 0 saturated carbocycles. The quantitative estimate of drug-likeness (QED) is 0.201. The van der Waals surface area contributed by atoms with E-state index in [9.17, 15) is 14.4 Å². The molecule has 10 heteroatoms. The van der Waals surface area contributed by atoms with Crippen LogP contribution in [0, 0.1) is 0 Å². The first-order chi connectivity index (χ1) is 19.3. The second-order valence-corrected chi connectivity index (χ2v) is 11.2. The number of benzene rings is 3. The number of carbonyl (C=O) groups excluding carboxylic acids is 3. The third kappa shape index (κ3) is 5.37. The van der Waals surface area contributed by atoms with Gasteiger partial charge in [-0.05, 0) is 73.6 Å². The molecule has 0 radical (unpaired) electrons. The number of nitrogens with zero attached hydrogens (tertiary/aromatic N) is 3. The number of rotatable bonds is 7. The second kappa shape index (κ2) is 11.6. The summed E-state index contributed by atoms with van der Waals surface area (Å²) in [5.41, 5.74) is 4.07. The molecule has 0 atom stereocenters. The van der Waals surface area contributed by atoms with Gasteiger partial charge in [0.2, 0.25) is 0 Å². The highest BCUT2D eigenvalue weighted by Crippen LogP contribution is 2.50. The number of para-hydroxylation sites is 1. The number of fused-ring (bicyclic) bond motifs is 1. The first kappa shape index (κ1) is 27.5. The minimum atomic E-state index is -0.446. The maximum Gasteiger partial charge on any atom is 0.337 e. The van der Waals surface area contributed by atoms with Gasteiger partial charge in [0.15, 0.2) is 11.0 Å². The highest BCUT2D eigenvalue weighted by Gasteiger charge is 2.39. The fraction of sp³-hybridized carbons (Fsp3) is 0.200. The Morgan fingerprint density at radius 1 is 1.00 bits per heavy atom. The van der Waals surface area contributed by atoms with Gasteiger partial charge in [-0.1, -0.05) is 36.0 Å². The minimum absolute atomic E-state index is 0.0688. The van der Waals surface area contributed by atoms with E-state index in [0.717, 1.165) is 26.9 Å². The summed E-state index contributed by atoms with van der Waals surface area (Å²) in [5.74, 6) is -0.693. The fourth-order valence-electron chi connectivity index (χ4n) is 4.44. The van der Waals surface area contributed by atoms with Gasteiger partial charge in [0.1, 0.15) is 4.91 Å². The van der Waals surface area contributed by atoms with E-state index in [2.05, 4.69) is 5.32 Å². The Hall–Kier alpha value is -4.02. The molecule has 40 heavy (non-hydrogen) atoms. The molecule has 5 rings (SSSR count). The number of aliphatic imine (C=N–C) groups is 1. The second-order valence-electron chi connectivity index (χ2n) is 9.16. The maximum absolute atomic E-state index is 14.0. The van der Waals surface area contributed by atoms with Gasteiger partial charge in [-0.25, -0.2) is 9.79 Å². The van der Waals surface area contributed by atoms with Gasteiger partial charge >= 0.3 is 5.97 Å². The number of nitrogens with one attached hydrogen (secondary N) is 1. The number of ketones is 1. The number of amidine groups is 1. The van der Waals surface area contributed by atoms with Crippen molar-refractivity contribution >= 4 is 63.4 Å². The lowest BCUT2D eigenvalue weighted by Crippen LogP contribution is -2.29. The van der Waals surface area contributed by atoms with Gasteiger partial charge in [-0.2, -0.15) is 0 Å². The molecule has 3 aromatic rings. The van der Waals surface area contributed by atoms with Crippen molar-refractivity contribution in [2.75, 3.05) is 30.9 Å². The molecule has 1 saturated heterocycles. The van der Waals surface area contributed by atoms with E-state index >= 15 is 0 Å². The van der Waals surface area contributed by atoms with Gasteiger partial charge in [-0.3, -0.25) is 14.5 Å². The van der Waals surface area contributed by atoms with Crippen LogP contribution in [0.3, 0.4) is 0 Å². The van der Waals surface area contributed by atoms with Gasteiger partial charge in [0.25, 0.3) is 5.91 Å². The van der Waals surface area contributed by atoms with Crippen molar-refractivity contribution in [2.45, 2.75) is 25.3 Å². The van der Waals surface area contributed by atoms with E-state index in [0.29, 0.717) is 33.4 Å². The predicted molar refractivity (Wildman–Crippen MR) is 161 cm³/mol. The number of hydrogen-bond donors (Lipinski definition) is 1. The summed E-state index contributed by atoms with van der Waals surface area (Å²) in [7, 11) is 3.29. The molecule has 2 heterocycles. The van der Waals surface area contributed by atoms with Crippen LogP contribution in [0.15, 0.2) is 86.6 Å². The Labute approximate surface area is 241 Å². The molecule has 0 bridgehead atoms. The Morgan fingerprint density at radius 2 is 1.80 bits per heavy atom. The molecule has 204 valence electrons. The van der Waals surface area contributed by atoms with Crippen LogP contribution in [0.4, 0.5) is 17.1 Å². The third-order valence-corrected chi connectivity index (χ3v) is 8.90. The van der Waals surface area contributed by atoms with Crippen LogP contribution in [0.25, 0.3) is 0 Å². The summed E-state index contributed by atoms with van der Waals surface area (Å²) in [5, 5.41) is 4.62. The van der Waals surface area contributed by atoms with Crippen molar-refractivity contribution in [1.29, 1.82) is 0 Å². The zero-order valence-electron chi connectivity index (χ0n) is 22.6. The molecule has 8 nitrogen and oxygen atoms in total. The Morgan fingerprint density at radius 3 is 2.52 bits per heavy atom. The topological polar surface area (TPSA) is 91.3 Å². The molecule has 0 spiro atoms. The molecule has 1 N–H and O–H groups in total. The first-order valence-electron chi connectivity index (χ1n) is 12.7. The van der Waals surface area contributed by atoms with Crippen LogP contribution in [0.5, 0.6) is 0 Å². The van der Waals surface area contributed by atoms with Crippen molar-refractivity contribution < 1.29 is 19.1 Å². The zero-order valence-corrected chi connectivity index (χ0v) is 24.2. The average Bonchev–Trinajstić information content (AvgIpc) is 3.45. The summed E-state index contributed by atoms with van der Waals surface area (Å²) in [6.45, 7) is 4.37. The summed E-state index contributed by atoms with van der Waals surface area (Å²) >= 11 is 2.86. The number of anilines is 2. The standard InChI is InChI=1S/C30H28N4O4S2/c1-5-31-22-14-13-20(18(2)35)16-23(22)32-30-34(17-19-9-8-10-21(15-19)29(37)38-4)27(36)26(40-30)28-33(3)24-11-6-7-12-25(24)39-28/h6-16,31H,5,17H2,1-4H3/b28-26-,32-30?. The van der Waals surface area contributed by atoms with Gasteiger partial charge < -0.3 is 15.0 Å². The molecule has 1 amide bonds. The predicted octanol–water partition coefficient (Wildman–Crippen LogP) is 6.28. The van der Waals surface area contributed by atoms with Gasteiger partial charge in [-0.15, -0.1) is 0 Å². The van der Waals surface area contributed by atoms with E-state index in [4.69, 9.17) is 9.73 Å². The van der Waals surface area contributed by atoms with E-state index in [1.54, 1.807) is 47.0 Å². The lowest BCUT2D eigenvalue weighted by atomic mass is 10.1. The van der Waals surface area contributed by atoms with Crippen LogP contribution < -0.4 is 10.2 Å². The number of ether oxygens (including phenoxy) is 1. The molecular weight excluding hydrogens is 544 g/mol. The normalized spacial score (nSPS) is 17.4. The highest BCUT2D eigenvalue weighted by molar-refractivity contribution is 8.19. The molecule has 0 aromatic heterocycles. The van der Waals surface area contributed by atoms with E-state index < -0.39 is 5.97 Å². The molecular formula is C30H28N4O4S2. The van der Waals surface area contributed by atoms with Crippen LogP contribution in [-0.4, -0.2) is 48.4 Å². The van der Waals surface area contributed by atoms with Crippen LogP contribution in [-0.2, 0) is 16.1 Å². The van der Waals surface area contributed by atoms with Crippen molar-refractivity contribution in [3.05, 3.63) is 93.4 Å². The van der Waals surface area contributed by atoms with Crippen molar-refractivity contribution in [1.82, 2.24) is 4.90 Å². The summed E-state index contributed by atoms with van der Waals surface area (Å²) < 4.78 is 4.88. The number of amides is 1. The van der Waals surface area contributed by atoms with E-state index in [-0.39, 0.29) is 18.2 Å². The number of hydrogen-bond acceptors (Lipinski definition) is 9. The van der Waals surface area contributed by atoms with Crippen molar-refractivity contribution in [2.24, 2.45) is 4.99 Å². The lowest BCUT2D eigenvalue weighted by molar-refractivity contribution is -0.122. The largest absolute Gasteiger partial charge is 0.465 e. The maximum atomic E-state index is 14.0. The third-order valence-electron chi connectivity index (χ3n) is 6.47. The van der Waals surface area contributed by atoms with Gasteiger partial charge in [0.05, 0.1) is 41.3 Å². The molecule has 3 aromatic carbocycles. The monoisotopic (exact) mass is 572 g/mol. The number of carbonyl (C=O) groups is 3. The highest BCUT2D eigenvalue weighted by atomic mass is 32.2.